The normalized spacial score (nSPS) is 12.7. The molecular formula is C75H143NO5. The third-order valence-corrected chi connectivity index (χ3v) is 17.2. The highest BCUT2D eigenvalue weighted by molar-refractivity contribution is 5.76. The summed E-state index contributed by atoms with van der Waals surface area (Å²) >= 11 is 0. The zero-order chi connectivity index (χ0) is 58.5. The van der Waals surface area contributed by atoms with Gasteiger partial charge in [-0.05, 0) is 64.2 Å². The van der Waals surface area contributed by atoms with E-state index in [-0.39, 0.29) is 18.5 Å². The third-order valence-electron chi connectivity index (χ3n) is 17.2. The van der Waals surface area contributed by atoms with Gasteiger partial charge in [-0.2, -0.15) is 0 Å². The number of carbonyl (C=O) groups is 2. The zero-order valence-electron chi connectivity index (χ0n) is 54.8. The fourth-order valence-electron chi connectivity index (χ4n) is 11.6. The second kappa shape index (κ2) is 70.6. The van der Waals surface area contributed by atoms with Crippen LogP contribution in [0.25, 0.3) is 0 Å². The summed E-state index contributed by atoms with van der Waals surface area (Å²) in [7, 11) is 0. The fraction of sp³-hybridized carbons (Fsp3) is 0.893. The minimum absolute atomic E-state index is 0.0170. The summed E-state index contributed by atoms with van der Waals surface area (Å²) in [6.45, 7) is 4.94. The van der Waals surface area contributed by atoms with Gasteiger partial charge in [-0.1, -0.05) is 365 Å². The van der Waals surface area contributed by atoms with Crippen molar-refractivity contribution in [1.29, 1.82) is 0 Å². The second-order valence-electron chi connectivity index (χ2n) is 25.3. The van der Waals surface area contributed by atoms with Gasteiger partial charge in [0.05, 0.1) is 25.4 Å². The average molecular weight is 1140 g/mol. The molecule has 0 rings (SSSR count). The van der Waals surface area contributed by atoms with E-state index in [9.17, 15) is 19.8 Å². The molecule has 1 amide bonds. The van der Waals surface area contributed by atoms with Gasteiger partial charge in [-0.15, -0.1) is 0 Å². The molecule has 2 atom stereocenters. The molecule has 0 aromatic heterocycles. The Bertz CT molecular complexity index is 1310. The first-order valence-electron chi connectivity index (χ1n) is 36.8. The second-order valence-corrected chi connectivity index (χ2v) is 25.3. The largest absolute Gasteiger partial charge is 0.466 e. The molecule has 81 heavy (non-hydrogen) atoms. The molecule has 0 aromatic carbocycles. The van der Waals surface area contributed by atoms with E-state index in [1.165, 1.54) is 334 Å². The Morgan fingerprint density at radius 1 is 0.346 bits per heavy atom. The van der Waals surface area contributed by atoms with Crippen LogP contribution in [0, 0.1) is 0 Å². The summed E-state index contributed by atoms with van der Waals surface area (Å²) in [5, 5.41) is 23.2. The molecule has 3 N–H and O–H groups in total. The van der Waals surface area contributed by atoms with Gasteiger partial charge in [0.1, 0.15) is 0 Å². The van der Waals surface area contributed by atoms with Crippen molar-refractivity contribution in [2.24, 2.45) is 0 Å². The first-order valence-corrected chi connectivity index (χ1v) is 36.8. The number of hydrogen-bond acceptors (Lipinski definition) is 5. The minimum Gasteiger partial charge on any atom is -0.466 e. The molecule has 6 heteroatoms. The van der Waals surface area contributed by atoms with Crippen molar-refractivity contribution in [2.45, 2.75) is 418 Å². The molecule has 0 saturated carbocycles. The Balaban J connectivity index is 3.40. The highest BCUT2D eigenvalue weighted by Crippen LogP contribution is 2.19. The van der Waals surface area contributed by atoms with Crippen molar-refractivity contribution in [3.05, 3.63) is 36.5 Å². The van der Waals surface area contributed by atoms with E-state index >= 15 is 0 Å². The van der Waals surface area contributed by atoms with Crippen LogP contribution in [-0.2, 0) is 14.3 Å². The van der Waals surface area contributed by atoms with Gasteiger partial charge in [-0.3, -0.25) is 9.59 Å². The Kier molecular flexibility index (Phi) is 68.9. The lowest BCUT2D eigenvalue weighted by Crippen LogP contribution is -2.45. The molecule has 0 aliphatic heterocycles. The van der Waals surface area contributed by atoms with E-state index in [0.29, 0.717) is 19.4 Å². The number of allylic oxidation sites excluding steroid dienone is 5. The first kappa shape index (κ1) is 79.1. The SMILES string of the molecule is CCCCCCCCCCCCCCCC/C=C/C(O)C(CO)NC(=O)CCCCCCCCCCCCCCC/C=C\C/C=C\CCCCCCCCCCCOC(=O)CCCCCCCCCCCCCCCCCCCCC. The molecule has 0 aliphatic carbocycles. The Morgan fingerprint density at radius 2 is 0.617 bits per heavy atom. The number of aliphatic hydroxyl groups is 2. The third kappa shape index (κ3) is 67.1. The number of rotatable bonds is 69. The number of esters is 1. The maximum Gasteiger partial charge on any atom is 0.305 e. The van der Waals surface area contributed by atoms with Gasteiger partial charge in [0, 0.05) is 12.8 Å². The maximum atomic E-state index is 12.5. The van der Waals surface area contributed by atoms with E-state index < -0.39 is 12.1 Å². The van der Waals surface area contributed by atoms with Crippen LogP contribution in [0.5, 0.6) is 0 Å². The Morgan fingerprint density at radius 3 is 0.938 bits per heavy atom. The van der Waals surface area contributed by atoms with Crippen molar-refractivity contribution in [1.82, 2.24) is 5.32 Å². The monoisotopic (exact) mass is 1140 g/mol. The molecule has 0 aromatic rings. The molecule has 6 nitrogen and oxygen atoms in total. The van der Waals surface area contributed by atoms with Gasteiger partial charge in [-0.25, -0.2) is 0 Å². The molecule has 0 radical (unpaired) electrons. The highest BCUT2D eigenvalue weighted by Gasteiger charge is 2.18. The summed E-state index contributed by atoms with van der Waals surface area (Å²) in [4.78, 5) is 24.6. The quantitative estimate of drug-likeness (QED) is 0.0320. The molecule has 0 spiro atoms. The number of ether oxygens (including phenoxy) is 1. The maximum absolute atomic E-state index is 12.5. The van der Waals surface area contributed by atoms with Crippen LogP contribution in [0.4, 0.5) is 0 Å². The van der Waals surface area contributed by atoms with E-state index in [0.717, 1.165) is 44.9 Å². The van der Waals surface area contributed by atoms with Crippen LogP contribution in [0.15, 0.2) is 36.5 Å². The van der Waals surface area contributed by atoms with E-state index in [1.807, 2.05) is 6.08 Å². The molecule has 0 bridgehead atoms. The van der Waals surface area contributed by atoms with Gasteiger partial charge in [0.2, 0.25) is 5.91 Å². The predicted molar refractivity (Wildman–Crippen MR) is 356 cm³/mol. The Hall–Kier alpha value is -1.92. The van der Waals surface area contributed by atoms with Crippen LogP contribution in [0.2, 0.25) is 0 Å². The van der Waals surface area contributed by atoms with Crippen molar-refractivity contribution in [3.63, 3.8) is 0 Å². The van der Waals surface area contributed by atoms with Crippen molar-refractivity contribution in [3.8, 4) is 0 Å². The smallest absolute Gasteiger partial charge is 0.305 e. The van der Waals surface area contributed by atoms with Crippen LogP contribution in [-0.4, -0.2) is 47.4 Å². The first-order chi connectivity index (χ1) is 40.0. The van der Waals surface area contributed by atoms with E-state index in [1.54, 1.807) is 6.08 Å². The lowest BCUT2D eigenvalue weighted by molar-refractivity contribution is -0.143. The summed E-state index contributed by atoms with van der Waals surface area (Å²) in [6.07, 6.45) is 90.9. The van der Waals surface area contributed by atoms with Crippen LogP contribution >= 0.6 is 0 Å². The van der Waals surface area contributed by atoms with E-state index in [2.05, 4.69) is 43.5 Å². The van der Waals surface area contributed by atoms with Crippen LogP contribution < -0.4 is 5.32 Å². The summed E-state index contributed by atoms with van der Waals surface area (Å²) in [5.74, 6) is -0.0495. The number of unbranched alkanes of at least 4 members (excludes halogenated alkanes) is 54. The van der Waals surface area contributed by atoms with Crippen molar-refractivity contribution < 1.29 is 24.5 Å². The predicted octanol–water partition coefficient (Wildman–Crippen LogP) is 23.9. The summed E-state index contributed by atoms with van der Waals surface area (Å²) in [5.41, 5.74) is 0. The van der Waals surface area contributed by atoms with E-state index in [4.69, 9.17) is 4.74 Å². The Labute approximate surface area is 506 Å². The lowest BCUT2D eigenvalue weighted by Gasteiger charge is -2.20. The average Bonchev–Trinajstić information content (AvgIpc) is 3.47. The topological polar surface area (TPSA) is 95.9 Å². The number of nitrogens with one attached hydrogen (secondary N) is 1. The molecule has 0 heterocycles. The van der Waals surface area contributed by atoms with Crippen molar-refractivity contribution >= 4 is 11.9 Å². The van der Waals surface area contributed by atoms with Gasteiger partial charge < -0.3 is 20.3 Å². The summed E-state index contributed by atoms with van der Waals surface area (Å²) < 4.78 is 5.51. The van der Waals surface area contributed by atoms with Gasteiger partial charge in [0.25, 0.3) is 0 Å². The molecule has 2 unspecified atom stereocenters. The number of carbonyl (C=O) groups excluding carboxylic acids is 2. The minimum atomic E-state index is -0.846. The van der Waals surface area contributed by atoms with Gasteiger partial charge >= 0.3 is 5.97 Å². The molecule has 0 aliphatic rings. The molecule has 0 fully saturated rings. The van der Waals surface area contributed by atoms with Gasteiger partial charge in [0.15, 0.2) is 0 Å². The molecular weight excluding hydrogens is 995 g/mol. The highest BCUT2D eigenvalue weighted by atomic mass is 16.5. The molecule has 0 saturated heterocycles. The number of hydrogen-bond donors (Lipinski definition) is 3. The fourth-order valence-corrected chi connectivity index (χ4v) is 11.6. The van der Waals surface area contributed by atoms with Crippen LogP contribution in [0.1, 0.15) is 406 Å². The molecule has 478 valence electrons. The van der Waals surface area contributed by atoms with Crippen LogP contribution in [0.3, 0.4) is 0 Å². The zero-order valence-corrected chi connectivity index (χ0v) is 54.8. The standard InChI is InChI=1S/C75H143NO5/c1-3-5-7-9-11-13-15-17-19-21-33-37-41-45-49-53-57-61-65-69-75(80)81-70-66-62-58-54-50-46-42-38-35-32-30-28-26-24-22-23-25-27-29-31-34-36-40-44-48-52-56-60-64-68-74(79)76-72(71-77)73(78)67-63-59-55-51-47-43-39-20-18-16-14-12-10-8-6-4-2/h22,24,28,30,63,67,72-73,77-78H,3-21,23,25-27,29,31-62,64-66,68-71H2,1-2H3,(H,76,79)/b24-22-,30-28-,67-63+. The van der Waals surface area contributed by atoms with Crippen molar-refractivity contribution in [2.75, 3.05) is 13.2 Å². The lowest BCUT2D eigenvalue weighted by atomic mass is 10.0. The number of aliphatic hydroxyl groups excluding tert-OH is 2. The number of amides is 1. The summed E-state index contributed by atoms with van der Waals surface area (Å²) in [6, 6.07) is -0.629.